The summed E-state index contributed by atoms with van der Waals surface area (Å²) < 4.78 is 28.0. The van der Waals surface area contributed by atoms with Gasteiger partial charge in [-0.1, -0.05) is 32.0 Å². The van der Waals surface area contributed by atoms with Crippen molar-refractivity contribution in [1.82, 2.24) is 29.9 Å². The molecule has 11 heteroatoms. The first-order chi connectivity index (χ1) is 18.1. The van der Waals surface area contributed by atoms with E-state index in [-0.39, 0.29) is 23.7 Å². The predicted molar refractivity (Wildman–Crippen MR) is 142 cm³/mol. The number of carbonyl (C=O) groups excluding carboxylic acids is 2. The monoisotopic (exact) mass is 540 g/mol. The third-order valence-corrected chi connectivity index (χ3v) is 6.39. The Morgan fingerprint density at radius 1 is 1.10 bits per heavy atom. The third kappa shape index (κ3) is 6.29. The van der Waals surface area contributed by atoms with Crippen LogP contribution in [-0.4, -0.2) is 48.7 Å². The quantitative estimate of drug-likeness (QED) is 0.474. The summed E-state index contributed by atoms with van der Waals surface area (Å²) in [5.41, 5.74) is 0.510. The zero-order chi connectivity index (χ0) is 28.7. The number of rotatable bonds is 4. The van der Waals surface area contributed by atoms with Crippen LogP contribution in [0.1, 0.15) is 87.5 Å². The van der Waals surface area contributed by atoms with Gasteiger partial charge < -0.3 is 24.0 Å². The molecule has 0 fully saturated rings. The second-order valence-corrected chi connectivity index (χ2v) is 12.1. The molecule has 1 aliphatic heterocycles. The normalized spacial score (nSPS) is 14.9. The molecule has 1 atom stereocenters. The molecule has 1 aliphatic rings. The lowest BCUT2D eigenvalue weighted by Crippen LogP contribution is -2.39. The molecule has 1 N–H and O–H groups in total. The molecule has 0 unspecified atom stereocenters. The van der Waals surface area contributed by atoms with Crippen molar-refractivity contribution in [3.63, 3.8) is 0 Å². The second kappa shape index (κ2) is 10.4. The van der Waals surface area contributed by atoms with E-state index in [0.29, 0.717) is 36.9 Å². The number of carbonyl (C=O) groups is 2. The standard InChI is InChI=1S/C28H37FN6O4/c1-16-10-11-18(19(29)14-16)23-31-21(24(36)32-22(27(3,4)5)25-30-17(2)33-39-25)20-15-34(12-9-13-35(20)23)26(37)38-28(6,7)8/h10-11,14,22H,9,12-13,15H2,1-8H3,(H,32,36)/t22-/m1/s1. The second-order valence-electron chi connectivity index (χ2n) is 12.1. The van der Waals surface area contributed by atoms with Crippen molar-refractivity contribution in [2.75, 3.05) is 6.54 Å². The Morgan fingerprint density at radius 2 is 1.82 bits per heavy atom. The summed E-state index contributed by atoms with van der Waals surface area (Å²) in [6.07, 6.45) is 0.0937. The Morgan fingerprint density at radius 3 is 2.41 bits per heavy atom. The first-order valence-corrected chi connectivity index (χ1v) is 13.1. The Hall–Kier alpha value is -3.76. The number of benzene rings is 1. The van der Waals surface area contributed by atoms with Gasteiger partial charge in [0.1, 0.15) is 23.3 Å². The number of nitrogens with one attached hydrogen (secondary N) is 1. The summed E-state index contributed by atoms with van der Waals surface area (Å²) in [4.78, 5) is 37.4. The largest absolute Gasteiger partial charge is 0.444 e. The number of aryl methyl sites for hydroxylation is 2. The molecule has 0 saturated heterocycles. The fraction of sp³-hybridized carbons (Fsp3) is 0.536. The van der Waals surface area contributed by atoms with E-state index in [2.05, 4.69) is 20.4 Å². The minimum Gasteiger partial charge on any atom is -0.444 e. The molecule has 4 rings (SSSR count). The Bertz CT molecular complexity index is 1380. The third-order valence-electron chi connectivity index (χ3n) is 6.39. The summed E-state index contributed by atoms with van der Waals surface area (Å²) >= 11 is 0. The number of amides is 2. The van der Waals surface area contributed by atoms with Crippen molar-refractivity contribution in [3.05, 3.63) is 52.7 Å². The molecule has 3 aromatic rings. The summed E-state index contributed by atoms with van der Waals surface area (Å²) in [5.74, 6) is 0.143. The molecule has 0 saturated carbocycles. The van der Waals surface area contributed by atoms with Crippen LogP contribution in [0.5, 0.6) is 0 Å². The Balaban J connectivity index is 1.79. The number of halogens is 1. The van der Waals surface area contributed by atoms with Crippen molar-refractivity contribution in [3.8, 4) is 11.4 Å². The summed E-state index contributed by atoms with van der Waals surface area (Å²) in [6, 6.07) is 4.29. The average molecular weight is 541 g/mol. The Kier molecular flexibility index (Phi) is 7.55. The summed E-state index contributed by atoms with van der Waals surface area (Å²) in [5, 5.41) is 6.88. The van der Waals surface area contributed by atoms with Crippen LogP contribution in [0.4, 0.5) is 9.18 Å². The van der Waals surface area contributed by atoms with Crippen LogP contribution in [0.3, 0.4) is 0 Å². The highest BCUT2D eigenvalue weighted by Gasteiger charge is 2.36. The van der Waals surface area contributed by atoms with E-state index >= 15 is 4.39 Å². The lowest BCUT2D eigenvalue weighted by Gasteiger charge is -2.28. The van der Waals surface area contributed by atoms with Crippen molar-refractivity contribution < 1.29 is 23.2 Å². The number of hydrogen-bond donors (Lipinski definition) is 1. The minimum atomic E-state index is -0.678. The molecule has 210 valence electrons. The lowest BCUT2D eigenvalue weighted by atomic mass is 9.86. The molecule has 2 aromatic heterocycles. The molecular formula is C28H37FN6O4. The van der Waals surface area contributed by atoms with Gasteiger partial charge in [-0.05, 0) is 64.2 Å². The van der Waals surface area contributed by atoms with Crippen LogP contribution in [0.25, 0.3) is 11.4 Å². The summed E-state index contributed by atoms with van der Waals surface area (Å²) in [6.45, 7) is 15.7. The van der Waals surface area contributed by atoms with E-state index in [4.69, 9.17) is 9.26 Å². The van der Waals surface area contributed by atoms with Gasteiger partial charge in [-0.3, -0.25) is 4.79 Å². The number of aromatic nitrogens is 4. The molecule has 39 heavy (non-hydrogen) atoms. The SMILES string of the molecule is Cc1ccc(-c2nc(C(=O)N[C@H](c3nc(C)no3)C(C)(C)C)c3n2CCCN(C(=O)OC(C)(C)C)C3)c(F)c1. The van der Waals surface area contributed by atoms with Gasteiger partial charge in [-0.15, -0.1) is 0 Å². The molecule has 2 amide bonds. The summed E-state index contributed by atoms with van der Waals surface area (Å²) in [7, 11) is 0. The van der Waals surface area contributed by atoms with Crippen molar-refractivity contribution in [1.29, 1.82) is 0 Å². The number of hydrogen-bond acceptors (Lipinski definition) is 7. The van der Waals surface area contributed by atoms with Gasteiger partial charge >= 0.3 is 6.09 Å². The first-order valence-electron chi connectivity index (χ1n) is 13.1. The molecule has 0 radical (unpaired) electrons. The topological polar surface area (TPSA) is 115 Å². The number of ether oxygens (including phenoxy) is 1. The smallest absolute Gasteiger partial charge is 0.410 e. The highest BCUT2D eigenvalue weighted by Crippen LogP contribution is 2.34. The molecule has 10 nitrogen and oxygen atoms in total. The van der Waals surface area contributed by atoms with Crippen LogP contribution in [0.2, 0.25) is 0 Å². The van der Waals surface area contributed by atoms with E-state index in [1.807, 2.05) is 32.3 Å². The van der Waals surface area contributed by atoms with E-state index in [1.54, 1.807) is 44.7 Å². The number of fused-ring (bicyclic) bond motifs is 1. The maximum absolute atomic E-state index is 15.1. The van der Waals surface area contributed by atoms with Crippen LogP contribution < -0.4 is 5.32 Å². The van der Waals surface area contributed by atoms with Gasteiger partial charge in [0.2, 0.25) is 5.89 Å². The van der Waals surface area contributed by atoms with Gasteiger partial charge in [0, 0.05) is 13.1 Å². The molecule has 0 bridgehead atoms. The number of imidazole rings is 1. The minimum absolute atomic E-state index is 0.0813. The van der Waals surface area contributed by atoms with E-state index in [0.717, 1.165) is 5.56 Å². The van der Waals surface area contributed by atoms with Gasteiger partial charge in [-0.2, -0.15) is 4.98 Å². The average Bonchev–Trinajstić information content (AvgIpc) is 3.31. The van der Waals surface area contributed by atoms with Crippen LogP contribution in [-0.2, 0) is 17.8 Å². The van der Waals surface area contributed by atoms with Crippen LogP contribution in [0, 0.1) is 25.1 Å². The maximum atomic E-state index is 15.1. The first kappa shape index (κ1) is 28.3. The van der Waals surface area contributed by atoms with Crippen molar-refractivity contribution >= 4 is 12.0 Å². The van der Waals surface area contributed by atoms with Crippen molar-refractivity contribution in [2.24, 2.45) is 5.41 Å². The van der Waals surface area contributed by atoms with Crippen LogP contribution in [0.15, 0.2) is 22.7 Å². The lowest BCUT2D eigenvalue weighted by molar-refractivity contribution is 0.0235. The number of nitrogens with zero attached hydrogens (tertiary/aromatic N) is 5. The van der Waals surface area contributed by atoms with E-state index in [9.17, 15) is 9.59 Å². The highest BCUT2D eigenvalue weighted by atomic mass is 19.1. The van der Waals surface area contributed by atoms with Gasteiger partial charge in [-0.25, -0.2) is 14.2 Å². The molecule has 0 aliphatic carbocycles. The van der Waals surface area contributed by atoms with Gasteiger partial charge in [0.05, 0.1) is 17.8 Å². The van der Waals surface area contributed by atoms with E-state index in [1.165, 1.54) is 6.07 Å². The highest BCUT2D eigenvalue weighted by molar-refractivity contribution is 5.94. The Labute approximate surface area is 227 Å². The fourth-order valence-corrected chi connectivity index (χ4v) is 4.52. The molecule has 0 spiro atoms. The van der Waals surface area contributed by atoms with Gasteiger partial charge in [0.15, 0.2) is 11.5 Å². The van der Waals surface area contributed by atoms with Crippen molar-refractivity contribution in [2.45, 2.75) is 86.5 Å². The van der Waals surface area contributed by atoms with Crippen LogP contribution >= 0.6 is 0 Å². The fourth-order valence-electron chi connectivity index (χ4n) is 4.52. The molecule has 1 aromatic carbocycles. The molecular weight excluding hydrogens is 503 g/mol. The predicted octanol–water partition coefficient (Wildman–Crippen LogP) is 5.35. The zero-order valence-corrected chi connectivity index (χ0v) is 23.9. The maximum Gasteiger partial charge on any atom is 0.410 e. The van der Waals surface area contributed by atoms with Gasteiger partial charge in [0.25, 0.3) is 5.91 Å². The van der Waals surface area contributed by atoms with E-state index < -0.39 is 34.9 Å². The molecule has 3 heterocycles. The zero-order valence-electron chi connectivity index (χ0n) is 23.9.